The third-order valence-electron chi connectivity index (χ3n) is 5.01. The fourth-order valence-corrected chi connectivity index (χ4v) is 4.15. The quantitative estimate of drug-likeness (QED) is 0.702. The number of sulfonamides is 1. The lowest BCUT2D eigenvalue weighted by Crippen LogP contribution is -2.47. The molecule has 28 heavy (non-hydrogen) atoms. The molecule has 3 aromatic rings. The number of nitrogens with zero attached hydrogens (tertiary/aromatic N) is 4. The van der Waals surface area contributed by atoms with Crippen LogP contribution in [0.4, 0.5) is 14.6 Å². The zero-order valence-electron chi connectivity index (χ0n) is 15.4. The zero-order chi connectivity index (χ0) is 20.1. The van der Waals surface area contributed by atoms with Crippen molar-refractivity contribution in [3.8, 4) is 0 Å². The molecule has 10 heteroatoms. The lowest BCUT2D eigenvalue weighted by atomic mass is 9.92. The Bertz CT molecular complexity index is 1130. The Labute approximate surface area is 161 Å². The number of fused-ring (bicyclic) bond motifs is 1. The number of anilines is 1. The Hall–Kier alpha value is -2.59. The number of pyridine rings is 1. The maximum atomic E-state index is 14.5. The molecule has 1 aliphatic rings. The smallest absolute Gasteiger partial charge is 0.211 e. The van der Waals surface area contributed by atoms with E-state index in [0.717, 1.165) is 17.3 Å². The van der Waals surface area contributed by atoms with Gasteiger partial charge < -0.3 is 9.88 Å². The van der Waals surface area contributed by atoms with Gasteiger partial charge in [-0.15, -0.1) is 0 Å². The molecule has 4 rings (SSSR count). The summed E-state index contributed by atoms with van der Waals surface area (Å²) in [6.45, 7) is 0.419. The molecule has 1 fully saturated rings. The summed E-state index contributed by atoms with van der Waals surface area (Å²) in [6.07, 6.45) is 4.38. The highest BCUT2D eigenvalue weighted by Gasteiger charge is 2.34. The Morgan fingerprint density at radius 2 is 1.86 bits per heavy atom. The van der Waals surface area contributed by atoms with Crippen molar-refractivity contribution in [3.63, 3.8) is 0 Å². The van der Waals surface area contributed by atoms with Gasteiger partial charge in [-0.25, -0.2) is 31.5 Å². The molecule has 0 amide bonds. The molecule has 3 heterocycles. The van der Waals surface area contributed by atoms with Gasteiger partial charge in [-0.2, -0.15) is 0 Å². The molecule has 0 bridgehead atoms. The van der Waals surface area contributed by atoms with Gasteiger partial charge >= 0.3 is 0 Å². The van der Waals surface area contributed by atoms with Crippen LogP contribution in [-0.2, 0) is 23.6 Å². The summed E-state index contributed by atoms with van der Waals surface area (Å²) in [6, 6.07) is 4.32. The van der Waals surface area contributed by atoms with Crippen molar-refractivity contribution in [2.24, 2.45) is 7.05 Å². The van der Waals surface area contributed by atoms with Gasteiger partial charge in [0.25, 0.3) is 0 Å². The average Bonchev–Trinajstić information content (AvgIpc) is 2.92. The minimum absolute atomic E-state index is 0.0611. The third-order valence-corrected chi connectivity index (χ3v) is 6.25. The second kappa shape index (κ2) is 6.78. The van der Waals surface area contributed by atoms with Crippen molar-refractivity contribution in [1.82, 2.24) is 18.8 Å². The molecule has 7 nitrogen and oxygen atoms in total. The van der Waals surface area contributed by atoms with Crippen molar-refractivity contribution in [2.75, 3.05) is 24.7 Å². The van der Waals surface area contributed by atoms with Gasteiger partial charge in [0.2, 0.25) is 10.0 Å². The highest BCUT2D eigenvalue weighted by molar-refractivity contribution is 7.88. The maximum Gasteiger partial charge on any atom is 0.211 e. The molecule has 148 valence electrons. The van der Waals surface area contributed by atoms with Gasteiger partial charge in [0, 0.05) is 44.2 Å². The van der Waals surface area contributed by atoms with Crippen LogP contribution in [0.5, 0.6) is 0 Å². The SMILES string of the molecule is Cn1cnc2cnc(NCc3c(F)cc(C4CN(S(C)(=O)=O)C4)cc3F)cc21. The van der Waals surface area contributed by atoms with Crippen molar-refractivity contribution in [1.29, 1.82) is 0 Å². The second-order valence-corrected chi connectivity index (χ2v) is 8.99. The minimum Gasteiger partial charge on any atom is -0.366 e. The van der Waals surface area contributed by atoms with Crippen LogP contribution in [0.25, 0.3) is 11.0 Å². The summed E-state index contributed by atoms with van der Waals surface area (Å²) in [7, 11) is -1.42. The summed E-state index contributed by atoms with van der Waals surface area (Å²) in [5.74, 6) is -1.04. The van der Waals surface area contributed by atoms with Crippen molar-refractivity contribution < 1.29 is 17.2 Å². The molecule has 0 unspecified atom stereocenters. The van der Waals surface area contributed by atoms with Crippen LogP contribution < -0.4 is 5.32 Å². The Morgan fingerprint density at radius 1 is 1.18 bits per heavy atom. The van der Waals surface area contributed by atoms with Gasteiger partial charge in [0.15, 0.2) is 0 Å². The lowest BCUT2D eigenvalue weighted by Gasteiger charge is -2.37. The number of nitrogens with one attached hydrogen (secondary N) is 1. The highest BCUT2D eigenvalue weighted by atomic mass is 32.2. The predicted molar refractivity (Wildman–Crippen MR) is 101 cm³/mol. The van der Waals surface area contributed by atoms with Crippen LogP contribution in [0.15, 0.2) is 30.7 Å². The number of imidazole rings is 1. The van der Waals surface area contributed by atoms with Gasteiger partial charge in [-0.3, -0.25) is 0 Å². The minimum atomic E-state index is -3.27. The van der Waals surface area contributed by atoms with E-state index < -0.39 is 21.7 Å². The molecule has 1 aliphatic heterocycles. The summed E-state index contributed by atoms with van der Waals surface area (Å²) in [5, 5.41) is 2.94. The van der Waals surface area contributed by atoms with Gasteiger partial charge in [0.05, 0.1) is 24.3 Å². The molecular formula is C18H19F2N5O2S. The molecule has 0 aliphatic carbocycles. The molecule has 2 aromatic heterocycles. The van der Waals surface area contributed by atoms with Gasteiger partial charge in [-0.05, 0) is 17.7 Å². The van der Waals surface area contributed by atoms with E-state index in [1.165, 1.54) is 16.4 Å². The molecule has 1 N–H and O–H groups in total. The molecular weight excluding hydrogens is 388 g/mol. The van der Waals surface area contributed by atoms with Crippen molar-refractivity contribution >= 4 is 26.9 Å². The van der Waals surface area contributed by atoms with Crippen molar-refractivity contribution in [3.05, 3.63) is 53.5 Å². The monoisotopic (exact) mass is 407 g/mol. The average molecular weight is 407 g/mol. The zero-order valence-corrected chi connectivity index (χ0v) is 16.2. The normalized spacial score (nSPS) is 15.7. The second-order valence-electron chi connectivity index (χ2n) is 7.01. The summed E-state index contributed by atoms with van der Waals surface area (Å²) in [5.41, 5.74) is 1.97. The first kappa shape index (κ1) is 18.8. The standard InChI is InChI=1S/C18H19F2N5O2S/c1-24-10-23-16-7-22-18(5-17(16)24)21-6-13-14(19)3-11(4-15(13)20)12-8-25(9-12)28(2,26)27/h3-5,7,10,12H,6,8-9H2,1-2H3,(H,21,22). The highest BCUT2D eigenvalue weighted by Crippen LogP contribution is 2.31. The van der Waals surface area contributed by atoms with E-state index in [4.69, 9.17) is 0 Å². The van der Waals surface area contributed by atoms with Crippen LogP contribution >= 0.6 is 0 Å². The number of halogens is 2. The number of hydrogen-bond acceptors (Lipinski definition) is 5. The van der Waals surface area contributed by atoms with Crippen molar-refractivity contribution in [2.45, 2.75) is 12.5 Å². The number of benzene rings is 1. The van der Waals surface area contributed by atoms with E-state index in [-0.39, 0.29) is 31.1 Å². The van der Waals surface area contributed by atoms with Crippen LogP contribution in [0.3, 0.4) is 0 Å². The van der Waals surface area contributed by atoms with E-state index in [0.29, 0.717) is 11.4 Å². The number of aryl methyl sites for hydroxylation is 1. The maximum absolute atomic E-state index is 14.5. The Kier molecular flexibility index (Phi) is 4.54. The van der Waals surface area contributed by atoms with Crippen LogP contribution in [-0.4, -0.2) is 46.6 Å². The lowest BCUT2D eigenvalue weighted by molar-refractivity contribution is 0.265. The number of hydrogen-bond donors (Lipinski definition) is 1. The Balaban J connectivity index is 1.48. The fourth-order valence-electron chi connectivity index (χ4n) is 3.25. The fraction of sp³-hybridized carbons (Fsp3) is 0.333. The first-order valence-corrected chi connectivity index (χ1v) is 10.5. The molecule has 0 atom stereocenters. The van der Waals surface area contributed by atoms with Crippen LogP contribution in [0.2, 0.25) is 0 Å². The Morgan fingerprint density at radius 3 is 2.50 bits per heavy atom. The molecule has 0 saturated carbocycles. The first-order valence-electron chi connectivity index (χ1n) is 8.66. The molecule has 1 aromatic carbocycles. The van der Waals surface area contributed by atoms with E-state index in [9.17, 15) is 17.2 Å². The van der Waals surface area contributed by atoms with Gasteiger partial charge in [-0.1, -0.05) is 0 Å². The molecule has 0 radical (unpaired) electrons. The van der Waals surface area contributed by atoms with E-state index in [1.54, 1.807) is 18.6 Å². The van der Waals surface area contributed by atoms with E-state index in [1.807, 2.05) is 11.6 Å². The molecule has 1 saturated heterocycles. The summed E-state index contributed by atoms with van der Waals surface area (Å²) >= 11 is 0. The predicted octanol–water partition coefficient (Wildman–Crippen LogP) is 2.22. The van der Waals surface area contributed by atoms with Crippen LogP contribution in [0.1, 0.15) is 17.0 Å². The first-order chi connectivity index (χ1) is 13.2. The number of rotatable bonds is 5. The largest absolute Gasteiger partial charge is 0.366 e. The van der Waals surface area contributed by atoms with Gasteiger partial charge in [0.1, 0.15) is 23.0 Å². The number of aromatic nitrogens is 3. The van der Waals surface area contributed by atoms with E-state index in [2.05, 4.69) is 15.3 Å². The molecule has 0 spiro atoms. The topological polar surface area (TPSA) is 80.1 Å². The summed E-state index contributed by atoms with van der Waals surface area (Å²) < 4.78 is 55.0. The third kappa shape index (κ3) is 3.45. The van der Waals surface area contributed by atoms with E-state index >= 15 is 0 Å². The van der Waals surface area contributed by atoms with Crippen LogP contribution in [0, 0.1) is 11.6 Å². The summed E-state index contributed by atoms with van der Waals surface area (Å²) in [4.78, 5) is 8.38.